The minimum Gasteiger partial charge on any atom is -0.353 e. The molecule has 1 atom stereocenters. The van der Waals surface area contributed by atoms with Crippen LogP contribution in [0.15, 0.2) is 21.7 Å². The number of likely N-dealkylation sites (tertiary alicyclic amines) is 1. The van der Waals surface area contributed by atoms with E-state index in [0.717, 1.165) is 31.0 Å². The van der Waals surface area contributed by atoms with Gasteiger partial charge < -0.3 is 10.2 Å². The van der Waals surface area contributed by atoms with Gasteiger partial charge in [-0.15, -0.1) is 11.3 Å². The maximum absolute atomic E-state index is 12.4. The highest BCUT2D eigenvalue weighted by Gasteiger charge is 2.28. The second-order valence-electron chi connectivity index (χ2n) is 6.47. The van der Waals surface area contributed by atoms with E-state index < -0.39 is 16.1 Å². The smallest absolute Gasteiger partial charge is 0.250 e. The van der Waals surface area contributed by atoms with Gasteiger partial charge in [0.15, 0.2) is 0 Å². The van der Waals surface area contributed by atoms with Gasteiger partial charge in [0, 0.05) is 13.1 Å². The number of carbonyl (C=O) groups is 1. The van der Waals surface area contributed by atoms with Crippen molar-refractivity contribution >= 4 is 27.3 Å². The summed E-state index contributed by atoms with van der Waals surface area (Å²) in [5.74, 6) is -0.392. The van der Waals surface area contributed by atoms with E-state index in [1.807, 2.05) is 13.8 Å². The SMILES string of the molecule is CC(C)[C@H](NS(=O)(=O)c1cccs1)C(=O)NCCN1CCCCC1. The Balaban J connectivity index is 1.88. The minimum atomic E-state index is -3.65. The highest BCUT2D eigenvalue weighted by molar-refractivity contribution is 7.91. The molecule has 8 heteroatoms. The Kier molecular flexibility index (Phi) is 7.21. The normalized spacial score (nSPS) is 17.8. The summed E-state index contributed by atoms with van der Waals surface area (Å²) in [6, 6.07) is 2.46. The molecule has 0 radical (unpaired) electrons. The van der Waals surface area contributed by atoms with E-state index >= 15 is 0 Å². The number of piperidine rings is 1. The number of carbonyl (C=O) groups excluding carboxylic acids is 1. The summed E-state index contributed by atoms with van der Waals surface area (Å²) in [6.07, 6.45) is 3.70. The van der Waals surface area contributed by atoms with Crippen LogP contribution in [0.5, 0.6) is 0 Å². The Labute approximate surface area is 148 Å². The molecule has 0 saturated carbocycles. The predicted molar refractivity (Wildman–Crippen MR) is 96.6 cm³/mol. The Morgan fingerprint density at radius 3 is 2.58 bits per heavy atom. The lowest BCUT2D eigenvalue weighted by molar-refractivity contribution is -0.123. The van der Waals surface area contributed by atoms with Crippen molar-refractivity contribution in [1.82, 2.24) is 14.9 Å². The zero-order valence-electron chi connectivity index (χ0n) is 14.3. The van der Waals surface area contributed by atoms with Crippen LogP contribution >= 0.6 is 11.3 Å². The van der Waals surface area contributed by atoms with E-state index in [2.05, 4.69) is 14.9 Å². The number of thiophene rings is 1. The van der Waals surface area contributed by atoms with Crippen LogP contribution in [0.1, 0.15) is 33.1 Å². The molecule has 24 heavy (non-hydrogen) atoms. The van der Waals surface area contributed by atoms with Gasteiger partial charge >= 0.3 is 0 Å². The molecule has 1 saturated heterocycles. The summed E-state index contributed by atoms with van der Waals surface area (Å²) in [6.45, 7) is 7.19. The van der Waals surface area contributed by atoms with Gasteiger partial charge in [-0.3, -0.25) is 4.79 Å². The molecule has 0 unspecified atom stereocenters. The molecule has 1 fully saturated rings. The van der Waals surface area contributed by atoms with Gasteiger partial charge in [0.05, 0.1) is 0 Å². The van der Waals surface area contributed by atoms with Gasteiger partial charge in [0.2, 0.25) is 5.91 Å². The van der Waals surface area contributed by atoms with Gasteiger partial charge in [-0.25, -0.2) is 8.42 Å². The van der Waals surface area contributed by atoms with E-state index in [9.17, 15) is 13.2 Å². The number of sulfonamides is 1. The highest BCUT2D eigenvalue weighted by Crippen LogP contribution is 2.17. The second-order valence-corrected chi connectivity index (χ2v) is 9.36. The molecule has 6 nitrogen and oxygen atoms in total. The first-order valence-electron chi connectivity index (χ1n) is 8.46. The summed E-state index contributed by atoms with van der Waals surface area (Å²) in [5, 5.41) is 4.58. The fraction of sp³-hybridized carbons (Fsp3) is 0.688. The third-order valence-electron chi connectivity index (χ3n) is 4.17. The molecule has 2 heterocycles. The lowest BCUT2D eigenvalue weighted by Crippen LogP contribution is -2.50. The topological polar surface area (TPSA) is 78.5 Å². The number of amides is 1. The quantitative estimate of drug-likeness (QED) is 0.726. The standard InChI is InChI=1S/C16H27N3O3S2/c1-13(2)15(18-24(21,22)14-7-6-12-23-14)16(20)17-8-11-19-9-4-3-5-10-19/h6-7,12-13,15,18H,3-5,8-11H2,1-2H3,(H,17,20)/t15-/m0/s1. The Bertz CT molecular complexity index is 609. The van der Waals surface area contributed by atoms with Crippen molar-refractivity contribution in [2.24, 2.45) is 5.92 Å². The molecule has 2 rings (SSSR count). The molecule has 0 spiro atoms. The number of nitrogens with one attached hydrogen (secondary N) is 2. The molecule has 1 aromatic rings. The summed E-state index contributed by atoms with van der Waals surface area (Å²) >= 11 is 1.14. The molecule has 136 valence electrons. The monoisotopic (exact) mass is 373 g/mol. The van der Waals surface area contributed by atoms with Crippen molar-refractivity contribution in [2.45, 2.75) is 43.4 Å². The van der Waals surface area contributed by atoms with Crippen LogP contribution in [0, 0.1) is 5.92 Å². The van der Waals surface area contributed by atoms with E-state index in [-0.39, 0.29) is 16.0 Å². The Hall–Kier alpha value is -0.960. The first kappa shape index (κ1) is 19.4. The predicted octanol–water partition coefficient (Wildman–Crippen LogP) is 1.65. The number of nitrogens with zero attached hydrogens (tertiary/aromatic N) is 1. The van der Waals surface area contributed by atoms with Crippen molar-refractivity contribution in [2.75, 3.05) is 26.2 Å². The van der Waals surface area contributed by atoms with E-state index in [1.54, 1.807) is 17.5 Å². The van der Waals surface area contributed by atoms with Crippen molar-refractivity contribution in [3.63, 3.8) is 0 Å². The summed E-state index contributed by atoms with van der Waals surface area (Å²) in [7, 11) is -3.65. The van der Waals surface area contributed by atoms with Crippen LogP contribution in [-0.4, -0.2) is 51.4 Å². The first-order valence-corrected chi connectivity index (χ1v) is 10.8. The van der Waals surface area contributed by atoms with Gasteiger partial charge in [0.1, 0.15) is 10.3 Å². The van der Waals surface area contributed by atoms with Crippen molar-refractivity contribution in [3.8, 4) is 0 Å². The van der Waals surface area contributed by atoms with Crippen LogP contribution < -0.4 is 10.0 Å². The largest absolute Gasteiger partial charge is 0.353 e. The van der Waals surface area contributed by atoms with Crippen molar-refractivity contribution in [3.05, 3.63) is 17.5 Å². The molecule has 1 aliphatic rings. The Morgan fingerprint density at radius 2 is 2.00 bits per heavy atom. The number of hydrogen-bond acceptors (Lipinski definition) is 5. The van der Waals surface area contributed by atoms with Gasteiger partial charge in [0.25, 0.3) is 10.0 Å². The zero-order valence-corrected chi connectivity index (χ0v) is 16.0. The lowest BCUT2D eigenvalue weighted by atomic mass is 10.1. The van der Waals surface area contributed by atoms with Gasteiger partial charge in [-0.1, -0.05) is 26.3 Å². The van der Waals surface area contributed by atoms with E-state index in [1.165, 1.54) is 19.3 Å². The van der Waals surface area contributed by atoms with E-state index in [0.29, 0.717) is 6.54 Å². The second kappa shape index (κ2) is 8.94. The summed E-state index contributed by atoms with van der Waals surface area (Å²) < 4.78 is 27.5. The molecule has 1 aromatic heterocycles. The third-order valence-corrected chi connectivity index (χ3v) is 7.01. The summed E-state index contributed by atoms with van der Waals surface area (Å²) in [4.78, 5) is 14.8. The molecular weight excluding hydrogens is 346 g/mol. The third kappa shape index (κ3) is 5.54. The average molecular weight is 374 g/mol. The lowest BCUT2D eigenvalue weighted by Gasteiger charge is -2.27. The molecule has 0 aliphatic carbocycles. The molecule has 0 aromatic carbocycles. The molecule has 1 aliphatic heterocycles. The fourth-order valence-electron chi connectivity index (χ4n) is 2.76. The number of hydrogen-bond donors (Lipinski definition) is 2. The van der Waals surface area contributed by atoms with Crippen LogP contribution in [0.25, 0.3) is 0 Å². The molecule has 1 amide bonds. The Morgan fingerprint density at radius 1 is 1.29 bits per heavy atom. The maximum atomic E-state index is 12.4. The van der Waals surface area contributed by atoms with E-state index in [4.69, 9.17) is 0 Å². The van der Waals surface area contributed by atoms with Crippen LogP contribution in [0.2, 0.25) is 0 Å². The average Bonchev–Trinajstić information content (AvgIpc) is 3.09. The summed E-state index contributed by atoms with van der Waals surface area (Å²) in [5.41, 5.74) is 0. The van der Waals surface area contributed by atoms with Gasteiger partial charge in [-0.2, -0.15) is 4.72 Å². The fourth-order valence-corrected chi connectivity index (χ4v) is 5.12. The molecule has 2 N–H and O–H groups in total. The van der Waals surface area contributed by atoms with Crippen molar-refractivity contribution in [1.29, 1.82) is 0 Å². The first-order chi connectivity index (χ1) is 11.4. The van der Waals surface area contributed by atoms with Crippen LogP contribution in [0.4, 0.5) is 0 Å². The van der Waals surface area contributed by atoms with Gasteiger partial charge in [-0.05, 0) is 43.3 Å². The van der Waals surface area contributed by atoms with Crippen molar-refractivity contribution < 1.29 is 13.2 Å². The molecular formula is C16H27N3O3S2. The molecule has 0 bridgehead atoms. The minimum absolute atomic E-state index is 0.130. The highest BCUT2D eigenvalue weighted by atomic mass is 32.2. The van der Waals surface area contributed by atoms with Crippen LogP contribution in [-0.2, 0) is 14.8 Å². The number of rotatable bonds is 8. The van der Waals surface area contributed by atoms with Crippen LogP contribution in [0.3, 0.4) is 0 Å². The maximum Gasteiger partial charge on any atom is 0.250 e. The zero-order chi connectivity index (χ0) is 17.6.